The number of halogens is 1. The number of aryl methyl sites for hydroxylation is 1. The maximum atomic E-state index is 12.6. The molecule has 3 aromatic rings. The number of rotatable bonds is 4. The molecule has 0 bridgehead atoms. The number of carbonyl (C=O) groups is 2. The van der Waals surface area contributed by atoms with Crippen LogP contribution in [0.5, 0.6) is 0 Å². The molecule has 0 radical (unpaired) electrons. The van der Waals surface area contributed by atoms with E-state index in [9.17, 15) is 9.59 Å². The van der Waals surface area contributed by atoms with Crippen molar-refractivity contribution in [3.8, 4) is 11.3 Å². The van der Waals surface area contributed by atoms with Crippen molar-refractivity contribution >= 4 is 49.9 Å². The molecule has 1 N–H and O–H groups in total. The van der Waals surface area contributed by atoms with Gasteiger partial charge < -0.3 is 4.90 Å². The van der Waals surface area contributed by atoms with E-state index in [0.717, 1.165) is 39.3 Å². The summed E-state index contributed by atoms with van der Waals surface area (Å²) in [6.45, 7) is 2.73. The second-order valence-electron chi connectivity index (χ2n) is 6.58. The molecule has 0 spiro atoms. The molecule has 2 aromatic carbocycles. The molecular weight excluding hydrogens is 438 g/mol. The third-order valence-corrected chi connectivity index (χ3v) is 6.06. The number of nitrogens with one attached hydrogen (secondary N) is 1. The fourth-order valence-corrected chi connectivity index (χ4v) is 4.30. The van der Waals surface area contributed by atoms with Gasteiger partial charge in [-0.15, -0.1) is 11.3 Å². The minimum absolute atomic E-state index is 0.135. The first kappa shape index (κ1) is 18.8. The topological polar surface area (TPSA) is 62.3 Å². The van der Waals surface area contributed by atoms with Gasteiger partial charge in [-0.1, -0.05) is 28.1 Å². The molecule has 5 nitrogen and oxygen atoms in total. The second-order valence-corrected chi connectivity index (χ2v) is 8.70. The minimum Gasteiger partial charge on any atom is -0.312 e. The monoisotopic (exact) mass is 455 g/mol. The number of hydrogen-bond donors (Lipinski definition) is 1. The Hall–Kier alpha value is -2.51. The van der Waals surface area contributed by atoms with Crippen LogP contribution in [0.4, 0.5) is 10.8 Å². The molecule has 142 valence electrons. The van der Waals surface area contributed by atoms with Crippen LogP contribution in [0.15, 0.2) is 53.0 Å². The summed E-state index contributed by atoms with van der Waals surface area (Å²) < 4.78 is 1.01. The number of nitrogens with zero attached hydrogens (tertiary/aromatic N) is 2. The highest BCUT2D eigenvalue weighted by atomic mass is 79.9. The molecule has 0 unspecified atom stereocenters. The molecule has 1 aliphatic rings. The summed E-state index contributed by atoms with van der Waals surface area (Å²) in [5.41, 5.74) is 3.25. The van der Waals surface area contributed by atoms with E-state index in [-0.39, 0.29) is 11.8 Å². The zero-order chi connectivity index (χ0) is 19.7. The van der Waals surface area contributed by atoms with E-state index in [0.29, 0.717) is 17.1 Å². The number of aromatic nitrogens is 1. The van der Waals surface area contributed by atoms with Crippen LogP contribution in [0.2, 0.25) is 0 Å². The molecule has 2 amide bonds. The Bertz CT molecular complexity index is 1030. The normalized spacial score (nSPS) is 13.8. The Balaban J connectivity index is 1.48. The molecule has 28 heavy (non-hydrogen) atoms. The first-order chi connectivity index (χ1) is 13.5. The van der Waals surface area contributed by atoms with Gasteiger partial charge in [0.05, 0.1) is 5.69 Å². The van der Waals surface area contributed by atoms with Crippen molar-refractivity contribution in [1.29, 1.82) is 0 Å². The number of anilines is 2. The molecule has 0 atom stereocenters. The number of amides is 2. The van der Waals surface area contributed by atoms with Gasteiger partial charge in [0.2, 0.25) is 5.91 Å². The highest BCUT2D eigenvalue weighted by Gasteiger charge is 2.22. The summed E-state index contributed by atoms with van der Waals surface area (Å²) in [4.78, 5) is 31.8. The summed E-state index contributed by atoms with van der Waals surface area (Å²) >= 11 is 4.89. The maximum Gasteiger partial charge on any atom is 0.257 e. The SMILES string of the molecule is Cc1sc(NC(=O)c2ccc(N3CCCC3=O)cc2)nc1-c1ccc(Br)cc1. The zero-order valence-corrected chi connectivity index (χ0v) is 17.6. The fourth-order valence-electron chi connectivity index (χ4n) is 3.21. The van der Waals surface area contributed by atoms with Crippen molar-refractivity contribution in [3.63, 3.8) is 0 Å². The lowest BCUT2D eigenvalue weighted by atomic mass is 10.1. The van der Waals surface area contributed by atoms with E-state index in [4.69, 9.17) is 0 Å². The molecule has 0 aliphatic carbocycles. The number of thiazole rings is 1. The molecule has 1 saturated heterocycles. The fraction of sp³-hybridized carbons (Fsp3) is 0.190. The van der Waals surface area contributed by atoms with Gasteiger partial charge in [0.25, 0.3) is 5.91 Å². The average Bonchev–Trinajstić information content (AvgIpc) is 3.28. The van der Waals surface area contributed by atoms with Gasteiger partial charge in [-0.05, 0) is 49.7 Å². The van der Waals surface area contributed by atoms with E-state index < -0.39 is 0 Å². The summed E-state index contributed by atoms with van der Waals surface area (Å²) in [6, 6.07) is 15.1. The van der Waals surface area contributed by atoms with Crippen molar-refractivity contribution in [2.24, 2.45) is 0 Å². The van der Waals surface area contributed by atoms with E-state index in [1.54, 1.807) is 17.0 Å². The Morgan fingerprint density at radius 1 is 1.14 bits per heavy atom. The van der Waals surface area contributed by atoms with Crippen LogP contribution in [0.1, 0.15) is 28.1 Å². The lowest BCUT2D eigenvalue weighted by Gasteiger charge is -2.15. The van der Waals surface area contributed by atoms with Gasteiger partial charge >= 0.3 is 0 Å². The molecule has 1 aliphatic heterocycles. The van der Waals surface area contributed by atoms with Crippen LogP contribution in [-0.4, -0.2) is 23.3 Å². The van der Waals surface area contributed by atoms with Crippen LogP contribution in [0.25, 0.3) is 11.3 Å². The quantitative estimate of drug-likeness (QED) is 0.583. The second kappa shape index (κ2) is 7.85. The van der Waals surface area contributed by atoms with Gasteiger partial charge in [-0.2, -0.15) is 0 Å². The molecule has 4 rings (SSSR count). The molecule has 1 aromatic heterocycles. The van der Waals surface area contributed by atoms with Crippen molar-refractivity contribution in [2.75, 3.05) is 16.8 Å². The molecule has 2 heterocycles. The Kier molecular flexibility index (Phi) is 5.28. The highest BCUT2D eigenvalue weighted by Crippen LogP contribution is 2.31. The van der Waals surface area contributed by atoms with Crippen molar-refractivity contribution in [3.05, 3.63) is 63.4 Å². The highest BCUT2D eigenvalue weighted by molar-refractivity contribution is 9.10. The van der Waals surface area contributed by atoms with Crippen LogP contribution in [0.3, 0.4) is 0 Å². The van der Waals surface area contributed by atoms with Gasteiger partial charge in [-0.25, -0.2) is 4.98 Å². The van der Waals surface area contributed by atoms with Crippen LogP contribution in [-0.2, 0) is 4.79 Å². The van der Waals surface area contributed by atoms with Crippen LogP contribution >= 0.6 is 27.3 Å². The summed E-state index contributed by atoms with van der Waals surface area (Å²) in [5, 5.41) is 3.45. The average molecular weight is 456 g/mol. The van der Waals surface area contributed by atoms with E-state index in [1.165, 1.54) is 11.3 Å². The minimum atomic E-state index is -0.213. The third-order valence-electron chi connectivity index (χ3n) is 4.65. The number of hydrogen-bond acceptors (Lipinski definition) is 4. The van der Waals surface area contributed by atoms with Gasteiger partial charge in [0, 0.05) is 39.1 Å². The first-order valence-electron chi connectivity index (χ1n) is 8.96. The Morgan fingerprint density at radius 2 is 1.86 bits per heavy atom. The lowest BCUT2D eigenvalue weighted by Crippen LogP contribution is -2.23. The molecular formula is C21H18BrN3O2S. The van der Waals surface area contributed by atoms with E-state index in [1.807, 2.05) is 43.3 Å². The van der Waals surface area contributed by atoms with E-state index in [2.05, 4.69) is 26.2 Å². The largest absolute Gasteiger partial charge is 0.312 e. The standard InChI is InChI=1S/C21H18BrN3O2S/c1-13-19(14-4-8-16(22)9-5-14)23-21(28-13)24-20(27)15-6-10-17(11-7-15)25-12-2-3-18(25)26/h4-11H,2-3,12H2,1H3,(H,23,24,27). The summed E-state index contributed by atoms with van der Waals surface area (Å²) in [6.07, 6.45) is 1.47. The van der Waals surface area contributed by atoms with Gasteiger partial charge in [0.1, 0.15) is 0 Å². The Morgan fingerprint density at radius 3 is 2.50 bits per heavy atom. The molecule has 1 fully saturated rings. The van der Waals surface area contributed by atoms with Gasteiger partial charge in [-0.3, -0.25) is 14.9 Å². The first-order valence-corrected chi connectivity index (χ1v) is 10.6. The molecule has 7 heteroatoms. The van der Waals surface area contributed by atoms with Crippen LogP contribution < -0.4 is 10.2 Å². The van der Waals surface area contributed by atoms with Crippen molar-refractivity contribution < 1.29 is 9.59 Å². The van der Waals surface area contributed by atoms with Crippen molar-refractivity contribution in [1.82, 2.24) is 4.98 Å². The predicted octanol–water partition coefficient (Wildman–Crippen LogP) is 5.26. The van der Waals surface area contributed by atoms with Gasteiger partial charge in [0.15, 0.2) is 5.13 Å². The smallest absolute Gasteiger partial charge is 0.257 e. The maximum absolute atomic E-state index is 12.6. The van der Waals surface area contributed by atoms with Crippen LogP contribution in [0, 0.1) is 6.92 Å². The predicted molar refractivity (Wildman–Crippen MR) is 116 cm³/mol. The van der Waals surface area contributed by atoms with E-state index >= 15 is 0 Å². The number of carbonyl (C=O) groups excluding carboxylic acids is 2. The third kappa shape index (κ3) is 3.86. The summed E-state index contributed by atoms with van der Waals surface area (Å²) in [5.74, 6) is -0.0775. The number of benzene rings is 2. The van der Waals surface area contributed by atoms with Crippen molar-refractivity contribution in [2.45, 2.75) is 19.8 Å². The lowest BCUT2D eigenvalue weighted by molar-refractivity contribution is -0.117. The summed E-state index contributed by atoms with van der Waals surface area (Å²) in [7, 11) is 0. The molecule has 0 saturated carbocycles. The zero-order valence-electron chi connectivity index (χ0n) is 15.2. The Labute approximate surface area is 175 Å².